The summed E-state index contributed by atoms with van der Waals surface area (Å²) < 4.78 is 61.2. The zero-order valence-electron chi connectivity index (χ0n) is 27.0. The highest BCUT2D eigenvalue weighted by atomic mass is 32.2. The summed E-state index contributed by atoms with van der Waals surface area (Å²) in [5, 5.41) is 23.4. The number of methoxy groups -OCH3 is 1. The third-order valence-corrected chi connectivity index (χ3v) is 9.29. The molecule has 0 radical (unpaired) electrons. The predicted octanol–water partition coefficient (Wildman–Crippen LogP) is 6.31. The number of amides is 1. The maximum absolute atomic E-state index is 14.6. The molecule has 6 aromatic rings. The van der Waals surface area contributed by atoms with Crippen LogP contribution in [0, 0.1) is 17.0 Å². The number of aliphatic hydroxyl groups is 2. The first kappa shape index (κ1) is 33.8. The summed E-state index contributed by atoms with van der Waals surface area (Å²) in [4.78, 5) is 17.8. The number of halogens is 2. The molecule has 3 N–H and O–H groups in total. The SMILES string of the molecule is CNC(=O)c1c(-c2ccc(F)cc2)oc2cc(N(CC(C)(CO)CO)S(C)=O)c(-c3ccc(OC)c(-c4nc5c(F)cccc5o4)c3)cc12. The minimum absolute atomic E-state index is 0.0249. The number of oxazole rings is 1. The van der Waals surface area contributed by atoms with Gasteiger partial charge in [0.15, 0.2) is 11.4 Å². The molecule has 6 rings (SSSR count). The lowest BCUT2D eigenvalue weighted by atomic mass is 9.92. The molecular weight excluding hydrogens is 656 g/mol. The van der Waals surface area contributed by atoms with Crippen LogP contribution in [-0.4, -0.2) is 65.5 Å². The third kappa shape index (κ3) is 6.28. The molecule has 0 saturated heterocycles. The largest absolute Gasteiger partial charge is 0.496 e. The number of ether oxygens (including phenoxy) is 1. The Hall–Kier alpha value is -5.11. The minimum Gasteiger partial charge on any atom is -0.496 e. The van der Waals surface area contributed by atoms with E-state index in [2.05, 4.69) is 10.3 Å². The van der Waals surface area contributed by atoms with E-state index in [1.807, 2.05) is 0 Å². The number of benzene rings is 4. The summed E-state index contributed by atoms with van der Waals surface area (Å²) in [5.41, 5.74) is 1.98. The Morgan fingerprint density at radius 1 is 0.980 bits per heavy atom. The molecule has 0 saturated carbocycles. The predicted molar refractivity (Wildman–Crippen MR) is 184 cm³/mol. The topological polar surface area (TPSA) is 138 Å². The van der Waals surface area contributed by atoms with Gasteiger partial charge in [-0.25, -0.2) is 18.0 Å². The zero-order valence-corrected chi connectivity index (χ0v) is 27.9. The van der Waals surface area contributed by atoms with E-state index < -0.39 is 47.2 Å². The van der Waals surface area contributed by atoms with Crippen LogP contribution in [0.5, 0.6) is 5.75 Å². The normalized spacial score (nSPS) is 12.4. The number of furan rings is 1. The molecule has 2 aromatic heterocycles. The van der Waals surface area contributed by atoms with E-state index in [-0.39, 0.29) is 40.4 Å². The van der Waals surface area contributed by atoms with Crippen molar-refractivity contribution < 1.29 is 41.6 Å². The second-order valence-electron chi connectivity index (χ2n) is 11.9. The summed E-state index contributed by atoms with van der Waals surface area (Å²) in [7, 11) is 1.27. The average molecular weight is 690 g/mol. The van der Waals surface area contributed by atoms with E-state index in [1.54, 1.807) is 43.3 Å². The van der Waals surface area contributed by atoms with Gasteiger partial charge in [0, 0.05) is 47.8 Å². The van der Waals surface area contributed by atoms with Crippen molar-refractivity contribution in [2.24, 2.45) is 5.41 Å². The lowest BCUT2D eigenvalue weighted by Gasteiger charge is -2.33. The van der Waals surface area contributed by atoms with Crippen molar-refractivity contribution in [2.75, 3.05) is 44.5 Å². The van der Waals surface area contributed by atoms with Crippen molar-refractivity contribution in [3.05, 3.63) is 90.0 Å². The second kappa shape index (κ2) is 13.4. The van der Waals surface area contributed by atoms with E-state index in [0.717, 1.165) is 0 Å². The van der Waals surface area contributed by atoms with Gasteiger partial charge in [-0.2, -0.15) is 0 Å². The van der Waals surface area contributed by atoms with Crippen molar-refractivity contribution in [1.29, 1.82) is 0 Å². The third-order valence-electron chi connectivity index (χ3n) is 8.35. The van der Waals surface area contributed by atoms with Crippen molar-refractivity contribution in [3.63, 3.8) is 0 Å². The quantitative estimate of drug-likeness (QED) is 0.144. The molecule has 4 aromatic carbocycles. The van der Waals surface area contributed by atoms with Crippen molar-refractivity contribution in [2.45, 2.75) is 6.92 Å². The number of carbonyl (C=O) groups is 1. The monoisotopic (exact) mass is 689 g/mol. The highest BCUT2D eigenvalue weighted by Gasteiger charge is 2.31. The fourth-order valence-corrected chi connectivity index (χ4v) is 6.53. The molecule has 2 heterocycles. The Balaban J connectivity index is 1.65. The fourth-order valence-electron chi connectivity index (χ4n) is 5.61. The first-order valence-corrected chi connectivity index (χ1v) is 16.7. The number of nitrogens with one attached hydrogen (secondary N) is 1. The smallest absolute Gasteiger partial charge is 0.255 e. The number of carbonyl (C=O) groups excluding carboxylic acids is 1. The van der Waals surface area contributed by atoms with E-state index in [1.165, 1.54) is 61.1 Å². The van der Waals surface area contributed by atoms with Gasteiger partial charge in [0.25, 0.3) is 5.91 Å². The Labute approximate surface area is 282 Å². The molecule has 0 aliphatic rings. The Morgan fingerprint density at radius 3 is 2.33 bits per heavy atom. The maximum atomic E-state index is 14.6. The van der Waals surface area contributed by atoms with Gasteiger partial charge in [-0.15, -0.1) is 0 Å². The number of rotatable bonds is 11. The zero-order chi connectivity index (χ0) is 35.0. The number of para-hydroxylation sites is 1. The van der Waals surface area contributed by atoms with Crippen LogP contribution in [0.15, 0.2) is 81.6 Å². The number of aromatic nitrogens is 1. The highest BCUT2D eigenvalue weighted by Crippen LogP contribution is 2.44. The molecule has 49 heavy (non-hydrogen) atoms. The van der Waals surface area contributed by atoms with Crippen LogP contribution < -0.4 is 14.4 Å². The van der Waals surface area contributed by atoms with E-state index in [0.29, 0.717) is 39.1 Å². The molecule has 1 amide bonds. The molecule has 0 bridgehead atoms. The van der Waals surface area contributed by atoms with Gasteiger partial charge < -0.3 is 29.1 Å². The number of hydrogen-bond donors (Lipinski definition) is 3. The van der Waals surface area contributed by atoms with Gasteiger partial charge in [-0.1, -0.05) is 19.1 Å². The molecule has 0 aliphatic carbocycles. The summed E-state index contributed by atoms with van der Waals surface area (Å²) in [6.45, 7) is 0.840. The number of nitrogens with zero attached hydrogens (tertiary/aromatic N) is 2. The van der Waals surface area contributed by atoms with E-state index >= 15 is 0 Å². The first-order chi connectivity index (χ1) is 23.5. The van der Waals surface area contributed by atoms with Crippen molar-refractivity contribution in [3.8, 4) is 39.7 Å². The second-order valence-corrected chi connectivity index (χ2v) is 13.2. The number of anilines is 1. The van der Waals surface area contributed by atoms with Gasteiger partial charge in [0.1, 0.15) is 39.4 Å². The Morgan fingerprint density at radius 2 is 1.69 bits per heavy atom. The summed E-state index contributed by atoms with van der Waals surface area (Å²) in [5.74, 6) is -0.787. The Kier molecular flexibility index (Phi) is 9.25. The summed E-state index contributed by atoms with van der Waals surface area (Å²) >= 11 is 0. The molecule has 254 valence electrons. The van der Waals surface area contributed by atoms with Crippen LogP contribution in [0.4, 0.5) is 14.5 Å². The molecule has 0 spiro atoms. The lowest BCUT2D eigenvalue weighted by molar-refractivity contribution is 0.0783. The van der Waals surface area contributed by atoms with Crippen LogP contribution in [-0.2, 0) is 11.0 Å². The molecule has 1 atom stereocenters. The Bertz CT molecular complexity index is 2210. The molecular formula is C36H33F2N3O7S. The minimum atomic E-state index is -1.69. The highest BCUT2D eigenvalue weighted by molar-refractivity contribution is 7.85. The number of aliphatic hydroxyl groups excluding tert-OH is 2. The molecule has 0 aliphatic heterocycles. The first-order valence-electron chi connectivity index (χ1n) is 15.2. The van der Waals surface area contributed by atoms with Gasteiger partial charge in [0.2, 0.25) is 5.89 Å². The van der Waals surface area contributed by atoms with Crippen LogP contribution in [0.25, 0.3) is 56.0 Å². The van der Waals surface area contributed by atoms with E-state index in [4.69, 9.17) is 13.6 Å². The van der Waals surface area contributed by atoms with Crippen LogP contribution >= 0.6 is 0 Å². The molecule has 1 unspecified atom stereocenters. The van der Waals surface area contributed by atoms with Crippen LogP contribution in [0.1, 0.15) is 17.3 Å². The van der Waals surface area contributed by atoms with Crippen LogP contribution in [0.3, 0.4) is 0 Å². The molecule has 0 fully saturated rings. The van der Waals surface area contributed by atoms with Crippen LogP contribution in [0.2, 0.25) is 0 Å². The standard InChI is InChI=1S/C36H33F2N3O7S/c1-36(18-42,19-43)17-41(49(4)45)27-16-30-24(31(34(44)39-2)33(47-30)20-8-11-22(37)12-9-20)15-23(27)21-10-13-28(46-3)25(14-21)35-40-32-26(38)6-5-7-29(32)48-35/h5-16,42-43H,17-19H2,1-4H3,(H,39,44). The van der Waals surface area contributed by atoms with Crippen molar-refractivity contribution in [1.82, 2.24) is 10.3 Å². The maximum Gasteiger partial charge on any atom is 0.255 e. The van der Waals surface area contributed by atoms with Gasteiger partial charge in [-0.05, 0) is 60.2 Å². The number of fused-ring (bicyclic) bond motifs is 2. The molecule has 13 heteroatoms. The molecule has 10 nitrogen and oxygen atoms in total. The van der Waals surface area contributed by atoms with E-state index in [9.17, 15) is 28.0 Å². The lowest BCUT2D eigenvalue weighted by Crippen LogP contribution is -2.41. The number of hydrogen-bond acceptors (Lipinski definition) is 8. The van der Waals surface area contributed by atoms with Gasteiger partial charge in [-0.3, -0.25) is 9.10 Å². The van der Waals surface area contributed by atoms with Crippen molar-refractivity contribution >= 4 is 44.6 Å². The van der Waals surface area contributed by atoms with Gasteiger partial charge in [0.05, 0.1) is 37.1 Å². The summed E-state index contributed by atoms with van der Waals surface area (Å²) in [6.07, 6.45) is 1.47. The summed E-state index contributed by atoms with van der Waals surface area (Å²) in [6, 6.07) is 18.4. The average Bonchev–Trinajstić information content (AvgIpc) is 3.72. The van der Waals surface area contributed by atoms with Gasteiger partial charge >= 0.3 is 0 Å². The fraction of sp³-hybridized carbons (Fsp3) is 0.222.